The predicted molar refractivity (Wildman–Crippen MR) is 120 cm³/mol. The number of aryl methyl sites for hydroxylation is 1. The number of sulfonamides is 1. The second kappa shape index (κ2) is 8.20. The lowest BCUT2D eigenvalue weighted by Gasteiger charge is -2.19. The van der Waals surface area contributed by atoms with Gasteiger partial charge in [-0.15, -0.1) is 0 Å². The standard InChI is InChI=1S/C24H20N2O4S/c1-16-7-9-17(10-8-16)25-23-15-22(20-5-3-4-6-21(20)24(23)27)26-31(28,29)19-13-11-18(30-2)12-14-19/h3-15,25H,1-2H3/b26-22-. The van der Waals surface area contributed by atoms with E-state index in [9.17, 15) is 13.2 Å². The predicted octanol–water partition coefficient (Wildman–Crippen LogP) is 4.37. The number of fused-ring (bicyclic) bond motifs is 1. The summed E-state index contributed by atoms with van der Waals surface area (Å²) >= 11 is 0. The van der Waals surface area contributed by atoms with Crippen LogP contribution in [0.2, 0.25) is 0 Å². The van der Waals surface area contributed by atoms with Crippen molar-refractivity contribution >= 4 is 27.2 Å². The molecular formula is C24H20N2O4S. The Bertz CT molecular complexity index is 1310. The van der Waals surface area contributed by atoms with Crippen LogP contribution in [0.4, 0.5) is 5.69 Å². The first-order chi connectivity index (χ1) is 14.9. The third-order valence-corrected chi connectivity index (χ3v) is 6.18. The lowest BCUT2D eigenvalue weighted by molar-refractivity contribution is 0.103. The molecule has 0 unspecified atom stereocenters. The molecule has 4 rings (SSSR count). The van der Waals surface area contributed by atoms with Crippen LogP contribution in [0.5, 0.6) is 5.75 Å². The van der Waals surface area contributed by atoms with Crippen molar-refractivity contribution in [3.63, 3.8) is 0 Å². The van der Waals surface area contributed by atoms with Crippen molar-refractivity contribution < 1.29 is 17.9 Å². The van der Waals surface area contributed by atoms with Crippen molar-refractivity contribution in [2.24, 2.45) is 4.40 Å². The van der Waals surface area contributed by atoms with Gasteiger partial charge in [-0.05, 0) is 49.4 Å². The van der Waals surface area contributed by atoms with Gasteiger partial charge in [-0.25, -0.2) is 0 Å². The van der Waals surface area contributed by atoms with Gasteiger partial charge in [-0.3, -0.25) is 4.79 Å². The normalized spacial score (nSPS) is 14.7. The van der Waals surface area contributed by atoms with E-state index in [0.29, 0.717) is 16.9 Å². The van der Waals surface area contributed by atoms with Gasteiger partial charge in [0.25, 0.3) is 10.0 Å². The second-order valence-corrected chi connectivity index (χ2v) is 8.65. The molecule has 0 amide bonds. The third kappa shape index (κ3) is 4.27. The van der Waals surface area contributed by atoms with Gasteiger partial charge >= 0.3 is 0 Å². The maximum Gasteiger partial charge on any atom is 0.282 e. The number of rotatable bonds is 5. The molecule has 31 heavy (non-hydrogen) atoms. The number of methoxy groups -OCH3 is 1. The van der Waals surface area contributed by atoms with Crippen LogP contribution >= 0.6 is 0 Å². The number of anilines is 1. The van der Waals surface area contributed by atoms with Crippen LogP contribution in [-0.4, -0.2) is 27.0 Å². The molecule has 0 radical (unpaired) electrons. The van der Waals surface area contributed by atoms with Gasteiger partial charge in [0.2, 0.25) is 5.78 Å². The van der Waals surface area contributed by atoms with Crippen molar-refractivity contribution in [2.45, 2.75) is 11.8 Å². The molecule has 1 aliphatic carbocycles. The first-order valence-corrected chi connectivity index (χ1v) is 11.0. The number of Topliss-reactive ketones (excluding diaryl/α,β-unsaturated/α-hetero) is 1. The highest BCUT2D eigenvalue weighted by atomic mass is 32.2. The highest BCUT2D eigenvalue weighted by Crippen LogP contribution is 2.25. The first-order valence-electron chi connectivity index (χ1n) is 9.56. The van der Waals surface area contributed by atoms with Gasteiger partial charge in [0.05, 0.1) is 23.4 Å². The van der Waals surface area contributed by atoms with Crippen molar-refractivity contribution in [1.82, 2.24) is 0 Å². The van der Waals surface area contributed by atoms with E-state index in [2.05, 4.69) is 9.71 Å². The van der Waals surface area contributed by atoms with Crippen molar-refractivity contribution in [2.75, 3.05) is 12.4 Å². The molecule has 0 fully saturated rings. The number of nitrogens with one attached hydrogen (secondary N) is 1. The van der Waals surface area contributed by atoms with Crippen LogP contribution < -0.4 is 10.1 Å². The van der Waals surface area contributed by atoms with E-state index in [1.54, 1.807) is 36.4 Å². The average molecular weight is 433 g/mol. The summed E-state index contributed by atoms with van der Waals surface area (Å²) in [5.41, 5.74) is 3.13. The summed E-state index contributed by atoms with van der Waals surface area (Å²) in [6, 6.07) is 20.4. The number of hydrogen-bond donors (Lipinski definition) is 1. The quantitative estimate of drug-likeness (QED) is 0.647. The maximum atomic E-state index is 13.0. The van der Waals surface area contributed by atoms with Gasteiger partial charge in [-0.1, -0.05) is 42.0 Å². The molecular weight excluding hydrogens is 412 g/mol. The van der Waals surface area contributed by atoms with Crippen LogP contribution in [0.25, 0.3) is 0 Å². The van der Waals surface area contributed by atoms with Crippen molar-refractivity contribution in [1.29, 1.82) is 0 Å². The smallest absolute Gasteiger partial charge is 0.282 e. The van der Waals surface area contributed by atoms with E-state index in [-0.39, 0.29) is 22.1 Å². The van der Waals surface area contributed by atoms with E-state index >= 15 is 0 Å². The molecule has 0 aliphatic heterocycles. The van der Waals surface area contributed by atoms with E-state index < -0.39 is 10.0 Å². The number of allylic oxidation sites excluding steroid dienone is 2. The molecule has 0 heterocycles. The highest BCUT2D eigenvalue weighted by molar-refractivity contribution is 7.90. The average Bonchev–Trinajstić information content (AvgIpc) is 2.78. The topological polar surface area (TPSA) is 84.8 Å². The number of ether oxygens (including phenoxy) is 1. The third-order valence-electron chi connectivity index (χ3n) is 4.88. The molecule has 0 spiro atoms. The minimum Gasteiger partial charge on any atom is -0.497 e. The Morgan fingerprint density at radius 1 is 0.871 bits per heavy atom. The van der Waals surface area contributed by atoms with Crippen LogP contribution in [0.1, 0.15) is 21.5 Å². The molecule has 156 valence electrons. The van der Waals surface area contributed by atoms with Gasteiger partial charge in [0.1, 0.15) is 5.75 Å². The fraction of sp³-hybridized carbons (Fsp3) is 0.0833. The first kappa shape index (κ1) is 20.6. The summed E-state index contributed by atoms with van der Waals surface area (Å²) in [5, 5.41) is 3.09. The Balaban J connectivity index is 1.78. The molecule has 1 N–H and O–H groups in total. The molecule has 3 aromatic rings. The van der Waals surface area contributed by atoms with Crippen LogP contribution in [0.15, 0.2) is 93.9 Å². The van der Waals surface area contributed by atoms with E-state index in [4.69, 9.17) is 4.74 Å². The number of hydrogen-bond acceptors (Lipinski definition) is 5. The van der Waals surface area contributed by atoms with E-state index in [1.807, 2.05) is 31.2 Å². The molecule has 0 saturated heterocycles. The number of carbonyl (C=O) groups is 1. The number of ketones is 1. The summed E-state index contributed by atoms with van der Waals surface area (Å²) in [7, 11) is -2.49. The fourth-order valence-corrected chi connectivity index (χ4v) is 4.22. The largest absolute Gasteiger partial charge is 0.497 e. The van der Waals surface area contributed by atoms with Gasteiger partial charge in [0, 0.05) is 16.8 Å². The summed E-state index contributed by atoms with van der Waals surface area (Å²) in [5.74, 6) is 0.321. The number of carbonyl (C=O) groups excluding carboxylic acids is 1. The summed E-state index contributed by atoms with van der Waals surface area (Å²) in [4.78, 5) is 13.0. The molecule has 0 atom stereocenters. The Labute approximate surface area is 181 Å². The summed E-state index contributed by atoms with van der Waals surface area (Å²) in [6.45, 7) is 1.97. The van der Waals surface area contributed by atoms with Gasteiger partial charge in [-0.2, -0.15) is 12.8 Å². The lowest BCUT2D eigenvalue weighted by Crippen LogP contribution is -2.22. The minimum absolute atomic E-state index is 0.0385. The van der Waals surface area contributed by atoms with E-state index in [1.165, 1.54) is 25.3 Å². The van der Waals surface area contributed by atoms with E-state index in [0.717, 1.165) is 11.3 Å². The van der Waals surface area contributed by atoms with Crippen LogP contribution in [0.3, 0.4) is 0 Å². The molecule has 7 heteroatoms. The SMILES string of the molecule is COc1ccc(S(=O)(=O)/N=C2/C=C(Nc3ccc(C)cc3)C(=O)c3ccccc32)cc1. The maximum absolute atomic E-state index is 13.0. The highest BCUT2D eigenvalue weighted by Gasteiger charge is 2.26. The van der Waals surface area contributed by atoms with Crippen LogP contribution in [0, 0.1) is 6.92 Å². The zero-order valence-electron chi connectivity index (χ0n) is 17.0. The fourth-order valence-electron chi connectivity index (χ4n) is 3.22. The Kier molecular flexibility index (Phi) is 5.44. The molecule has 3 aromatic carbocycles. The monoisotopic (exact) mass is 432 g/mol. The van der Waals surface area contributed by atoms with Gasteiger partial charge in [0.15, 0.2) is 0 Å². The minimum atomic E-state index is -4.00. The zero-order chi connectivity index (χ0) is 22.0. The van der Waals surface area contributed by atoms with Crippen LogP contribution in [-0.2, 0) is 10.0 Å². The molecule has 6 nitrogen and oxygen atoms in total. The van der Waals surface area contributed by atoms with Crippen molar-refractivity contribution in [3.05, 3.63) is 101 Å². The molecule has 0 aromatic heterocycles. The van der Waals surface area contributed by atoms with Crippen molar-refractivity contribution in [3.8, 4) is 5.75 Å². The lowest BCUT2D eigenvalue weighted by atomic mass is 9.92. The zero-order valence-corrected chi connectivity index (χ0v) is 17.8. The number of nitrogens with zero attached hydrogens (tertiary/aromatic N) is 1. The molecule has 0 bridgehead atoms. The molecule has 1 aliphatic rings. The van der Waals surface area contributed by atoms with Gasteiger partial charge < -0.3 is 10.1 Å². The molecule has 0 saturated carbocycles. The Hall–Kier alpha value is -3.71. The summed E-state index contributed by atoms with van der Waals surface area (Å²) < 4.78 is 35.0. The Morgan fingerprint density at radius 2 is 1.52 bits per heavy atom. The Morgan fingerprint density at radius 3 is 2.16 bits per heavy atom. The summed E-state index contributed by atoms with van der Waals surface area (Å²) in [6.07, 6.45) is 1.48. The number of benzene rings is 3. The second-order valence-electron chi connectivity index (χ2n) is 7.05.